The van der Waals surface area contributed by atoms with E-state index in [9.17, 15) is 9.59 Å². The SMILES string of the molecule is Cc1noc(C)c1CN(C)C(=O)c1ccc(CNC(N)=O)cc1. The lowest BCUT2D eigenvalue weighted by Gasteiger charge is -2.17. The van der Waals surface area contributed by atoms with Crippen LogP contribution in [-0.4, -0.2) is 29.0 Å². The van der Waals surface area contributed by atoms with Crippen molar-refractivity contribution in [1.29, 1.82) is 0 Å². The summed E-state index contributed by atoms with van der Waals surface area (Å²) in [5.41, 5.74) is 8.17. The monoisotopic (exact) mass is 316 g/mol. The van der Waals surface area contributed by atoms with Gasteiger partial charge in [-0.3, -0.25) is 4.79 Å². The van der Waals surface area contributed by atoms with Crippen LogP contribution in [0.5, 0.6) is 0 Å². The molecule has 0 atom stereocenters. The predicted octanol–water partition coefficient (Wildman–Crippen LogP) is 1.73. The van der Waals surface area contributed by atoms with Gasteiger partial charge in [0, 0.05) is 24.7 Å². The molecule has 0 spiro atoms. The van der Waals surface area contributed by atoms with Gasteiger partial charge in [-0.1, -0.05) is 17.3 Å². The molecule has 0 radical (unpaired) electrons. The average Bonchev–Trinajstić information content (AvgIpc) is 2.84. The molecule has 0 saturated heterocycles. The Morgan fingerprint density at radius 1 is 1.26 bits per heavy atom. The Morgan fingerprint density at radius 3 is 2.43 bits per heavy atom. The Morgan fingerprint density at radius 2 is 1.91 bits per heavy atom. The van der Waals surface area contributed by atoms with Gasteiger partial charge in [0.25, 0.3) is 5.91 Å². The van der Waals surface area contributed by atoms with Crippen LogP contribution < -0.4 is 11.1 Å². The zero-order valence-electron chi connectivity index (χ0n) is 13.4. The van der Waals surface area contributed by atoms with Crippen molar-refractivity contribution in [3.05, 3.63) is 52.4 Å². The second-order valence-corrected chi connectivity index (χ2v) is 5.38. The third-order valence-electron chi connectivity index (χ3n) is 3.59. The third-order valence-corrected chi connectivity index (χ3v) is 3.59. The number of primary amides is 1. The van der Waals surface area contributed by atoms with E-state index < -0.39 is 6.03 Å². The van der Waals surface area contributed by atoms with Gasteiger partial charge in [0.2, 0.25) is 0 Å². The summed E-state index contributed by atoms with van der Waals surface area (Å²) in [4.78, 5) is 24.8. The van der Waals surface area contributed by atoms with Crippen LogP contribution in [0, 0.1) is 13.8 Å². The standard InChI is InChI=1S/C16H20N4O3/c1-10-14(11(2)23-19-10)9-20(3)15(21)13-6-4-12(5-7-13)8-18-16(17)22/h4-7H,8-9H2,1-3H3,(H3,17,18,22). The van der Waals surface area contributed by atoms with Crippen molar-refractivity contribution < 1.29 is 14.1 Å². The molecule has 7 heteroatoms. The highest BCUT2D eigenvalue weighted by Gasteiger charge is 2.16. The van der Waals surface area contributed by atoms with E-state index in [0.29, 0.717) is 18.7 Å². The smallest absolute Gasteiger partial charge is 0.312 e. The summed E-state index contributed by atoms with van der Waals surface area (Å²) >= 11 is 0. The maximum atomic E-state index is 12.5. The van der Waals surface area contributed by atoms with Gasteiger partial charge in [0.05, 0.1) is 12.2 Å². The van der Waals surface area contributed by atoms with Crippen LogP contribution in [0.25, 0.3) is 0 Å². The summed E-state index contributed by atoms with van der Waals surface area (Å²) in [7, 11) is 1.73. The van der Waals surface area contributed by atoms with E-state index in [4.69, 9.17) is 10.3 Å². The first-order valence-corrected chi connectivity index (χ1v) is 7.18. The Balaban J connectivity index is 2.03. The average molecular weight is 316 g/mol. The molecule has 0 saturated carbocycles. The van der Waals surface area contributed by atoms with E-state index in [1.54, 1.807) is 36.2 Å². The van der Waals surface area contributed by atoms with Crippen LogP contribution in [0.3, 0.4) is 0 Å². The van der Waals surface area contributed by atoms with Gasteiger partial charge in [0.1, 0.15) is 5.76 Å². The summed E-state index contributed by atoms with van der Waals surface area (Å²) in [5, 5.41) is 6.39. The van der Waals surface area contributed by atoms with Crippen molar-refractivity contribution in [2.24, 2.45) is 5.73 Å². The molecule has 2 rings (SSSR count). The minimum atomic E-state index is -0.579. The molecule has 0 bridgehead atoms. The largest absolute Gasteiger partial charge is 0.361 e. The van der Waals surface area contributed by atoms with E-state index >= 15 is 0 Å². The summed E-state index contributed by atoms with van der Waals surface area (Å²) < 4.78 is 5.11. The predicted molar refractivity (Wildman–Crippen MR) is 84.6 cm³/mol. The van der Waals surface area contributed by atoms with Crippen LogP contribution in [-0.2, 0) is 13.1 Å². The Bertz CT molecular complexity index is 687. The Labute approximate surface area is 134 Å². The minimum absolute atomic E-state index is 0.0978. The minimum Gasteiger partial charge on any atom is -0.361 e. The number of hydrogen-bond acceptors (Lipinski definition) is 4. The lowest BCUT2D eigenvalue weighted by atomic mass is 10.1. The maximum absolute atomic E-state index is 12.5. The molecule has 0 aliphatic carbocycles. The maximum Gasteiger partial charge on any atom is 0.312 e. The molecule has 3 N–H and O–H groups in total. The van der Waals surface area contributed by atoms with Crippen molar-refractivity contribution in [3.8, 4) is 0 Å². The van der Waals surface area contributed by atoms with E-state index in [0.717, 1.165) is 22.6 Å². The second-order valence-electron chi connectivity index (χ2n) is 5.38. The first kappa shape index (κ1) is 16.5. The normalized spacial score (nSPS) is 10.4. The topological polar surface area (TPSA) is 101 Å². The van der Waals surface area contributed by atoms with Crippen molar-refractivity contribution in [3.63, 3.8) is 0 Å². The van der Waals surface area contributed by atoms with Gasteiger partial charge in [-0.05, 0) is 31.5 Å². The molecular formula is C16H20N4O3. The molecule has 1 aromatic heterocycles. The van der Waals surface area contributed by atoms with Gasteiger partial charge in [-0.15, -0.1) is 0 Å². The third kappa shape index (κ3) is 4.09. The molecule has 0 fully saturated rings. The lowest BCUT2D eigenvalue weighted by Crippen LogP contribution is -2.28. The van der Waals surface area contributed by atoms with E-state index in [-0.39, 0.29) is 5.91 Å². The fraction of sp³-hybridized carbons (Fsp3) is 0.312. The molecule has 7 nitrogen and oxygen atoms in total. The van der Waals surface area contributed by atoms with E-state index in [1.807, 2.05) is 13.8 Å². The molecule has 1 aromatic carbocycles. The molecule has 0 aliphatic rings. The summed E-state index contributed by atoms with van der Waals surface area (Å²) in [6.07, 6.45) is 0. The fourth-order valence-electron chi connectivity index (χ4n) is 2.21. The summed E-state index contributed by atoms with van der Waals surface area (Å²) in [6, 6.07) is 6.44. The number of nitrogens with one attached hydrogen (secondary N) is 1. The Kier molecular flexibility index (Phi) is 5.00. The molecule has 2 aromatic rings. The highest BCUT2D eigenvalue weighted by atomic mass is 16.5. The van der Waals surface area contributed by atoms with Crippen LogP contribution in [0.15, 0.2) is 28.8 Å². The number of benzene rings is 1. The van der Waals surface area contributed by atoms with E-state index in [1.165, 1.54) is 0 Å². The first-order valence-electron chi connectivity index (χ1n) is 7.18. The molecule has 3 amide bonds. The number of hydrogen-bond donors (Lipinski definition) is 2. The quantitative estimate of drug-likeness (QED) is 0.877. The number of nitrogens with two attached hydrogens (primary N) is 1. The number of carbonyl (C=O) groups excluding carboxylic acids is 2. The zero-order valence-corrected chi connectivity index (χ0v) is 13.4. The van der Waals surface area contributed by atoms with Gasteiger partial charge in [-0.25, -0.2) is 4.79 Å². The number of aromatic nitrogens is 1. The van der Waals surface area contributed by atoms with Crippen LogP contribution in [0.2, 0.25) is 0 Å². The van der Waals surface area contributed by atoms with Gasteiger partial charge in [-0.2, -0.15) is 0 Å². The molecule has 0 unspecified atom stereocenters. The van der Waals surface area contributed by atoms with Crippen molar-refractivity contribution in [1.82, 2.24) is 15.4 Å². The molecule has 1 heterocycles. The van der Waals surface area contributed by atoms with Gasteiger partial charge in [0.15, 0.2) is 0 Å². The Hall–Kier alpha value is -2.83. The number of rotatable bonds is 5. The molecule has 0 aliphatic heterocycles. The van der Waals surface area contributed by atoms with E-state index in [2.05, 4.69) is 10.5 Å². The lowest BCUT2D eigenvalue weighted by molar-refractivity contribution is 0.0784. The van der Waals surface area contributed by atoms with Crippen molar-refractivity contribution in [2.45, 2.75) is 26.9 Å². The van der Waals surface area contributed by atoms with Gasteiger partial charge < -0.3 is 20.5 Å². The highest BCUT2D eigenvalue weighted by Crippen LogP contribution is 2.16. The molecular weight excluding hydrogens is 296 g/mol. The second kappa shape index (κ2) is 6.95. The van der Waals surface area contributed by atoms with Crippen LogP contribution >= 0.6 is 0 Å². The van der Waals surface area contributed by atoms with Gasteiger partial charge >= 0.3 is 6.03 Å². The van der Waals surface area contributed by atoms with Crippen LogP contribution in [0.1, 0.15) is 32.9 Å². The van der Waals surface area contributed by atoms with Crippen LogP contribution in [0.4, 0.5) is 4.79 Å². The van der Waals surface area contributed by atoms with Crippen molar-refractivity contribution >= 4 is 11.9 Å². The number of nitrogens with zero attached hydrogens (tertiary/aromatic N) is 2. The van der Waals surface area contributed by atoms with Crippen molar-refractivity contribution in [2.75, 3.05) is 7.05 Å². The summed E-state index contributed by atoms with van der Waals surface area (Å²) in [6.45, 7) is 4.45. The number of aryl methyl sites for hydroxylation is 2. The summed E-state index contributed by atoms with van der Waals surface area (Å²) in [5.74, 6) is 0.620. The zero-order chi connectivity index (χ0) is 17.0. The fourth-order valence-corrected chi connectivity index (χ4v) is 2.21. The molecule has 122 valence electrons. The first-order chi connectivity index (χ1) is 10.9. The number of amides is 3. The molecule has 23 heavy (non-hydrogen) atoms. The highest BCUT2D eigenvalue weighted by molar-refractivity contribution is 5.94. The number of urea groups is 1. The number of carbonyl (C=O) groups is 2.